The molecular weight excluding hydrogens is 440 g/mol. The Morgan fingerprint density at radius 3 is 2.00 bits per heavy atom. The summed E-state index contributed by atoms with van der Waals surface area (Å²) >= 11 is 1.46. The first-order valence-electron chi connectivity index (χ1n) is 11.2. The van der Waals surface area contributed by atoms with Crippen LogP contribution in [0.1, 0.15) is 60.2 Å². The Bertz CT molecular complexity index is 1100. The van der Waals surface area contributed by atoms with Crippen LogP contribution in [0.5, 0.6) is 11.5 Å². The lowest BCUT2D eigenvalue weighted by molar-refractivity contribution is 0.431. The number of thioether (sulfide) groups is 1. The van der Waals surface area contributed by atoms with Crippen LogP contribution in [0.4, 0.5) is 8.78 Å². The second-order valence-electron chi connectivity index (χ2n) is 8.37. The molecule has 0 saturated carbocycles. The van der Waals surface area contributed by atoms with Crippen LogP contribution in [0, 0.1) is 11.6 Å². The number of phenols is 2. The molecule has 3 nitrogen and oxygen atoms in total. The number of aromatic hydroxyl groups is 2. The Morgan fingerprint density at radius 2 is 1.45 bits per heavy atom. The minimum Gasteiger partial charge on any atom is -0.505 e. The molecule has 172 valence electrons. The monoisotopic (exact) mass is 467 g/mol. The predicted octanol–water partition coefficient (Wildman–Crippen LogP) is 7.26. The number of hydrogen-bond donors (Lipinski definition) is 2. The van der Waals surface area contributed by atoms with Crippen LogP contribution in [-0.2, 0) is 11.2 Å². The molecule has 0 spiro atoms. The third-order valence-electron chi connectivity index (χ3n) is 6.03. The average molecular weight is 468 g/mol. The van der Waals surface area contributed by atoms with Crippen molar-refractivity contribution in [1.82, 2.24) is 0 Å². The zero-order valence-electron chi connectivity index (χ0n) is 18.5. The molecule has 1 unspecified atom stereocenters. The Hall–Kier alpha value is -2.86. The number of halogens is 2. The van der Waals surface area contributed by atoms with Crippen LogP contribution < -0.4 is 0 Å². The topological polar surface area (TPSA) is 52.8 Å². The number of benzene rings is 3. The molecule has 0 amide bonds. The molecule has 0 aromatic heterocycles. The highest BCUT2D eigenvalue weighted by Crippen LogP contribution is 2.54. The van der Waals surface area contributed by atoms with Crippen molar-refractivity contribution >= 4 is 18.0 Å². The molecule has 2 N–H and O–H groups in total. The molecule has 0 radical (unpaired) electrons. The Labute approximate surface area is 197 Å². The zero-order valence-corrected chi connectivity index (χ0v) is 19.3. The summed E-state index contributed by atoms with van der Waals surface area (Å²) in [6, 6.07) is 16.7. The van der Waals surface area contributed by atoms with Gasteiger partial charge >= 0.3 is 0 Å². The van der Waals surface area contributed by atoms with E-state index < -0.39 is 27.9 Å². The minimum absolute atomic E-state index is 0.257. The molecule has 0 bridgehead atoms. The van der Waals surface area contributed by atoms with Crippen molar-refractivity contribution in [3.8, 4) is 11.5 Å². The van der Waals surface area contributed by atoms with Crippen molar-refractivity contribution in [3.63, 3.8) is 0 Å². The third kappa shape index (κ3) is 4.91. The smallest absolute Gasteiger partial charge is 0.165 e. The first-order chi connectivity index (χ1) is 15.9. The fourth-order valence-electron chi connectivity index (χ4n) is 4.10. The molecule has 3 aromatic carbocycles. The van der Waals surface area contributed by atoms with Crippen molar-refractivity contribution < 1.29 is 19.0 Å². The molecule has 1 atom stereocenters. The molecule has 1 aliphatic rings. The normalized spacial score (nSPS) is 16.9. The Morgan fingerprint density at radius 1 is 0.848 bits per heavy atom. The first-order valence-corrected chi connectivity index (χ1v) is 12.1. The molecule has 0 aliphatic carbocycles. The lowest BCUT2D eigenvalue weighted by Gasteiger charge is -2.28. The van der Waals surface area contributed by atoms with Gasteiger partial charge in [-0.05, 0) is 59.4 Å². The maximum Gasteiger partial charge on any atom is 0.165 e. The number of hydrogen-bond acceptors (Lipinski definition) is 4. The van der Waals surface area contributed by atoms with E-state index in [0.29, 0.717) is 11.1 Å². The quantitative estimate of drug-likeness (QED) is 0.343. The minimum atomic E-state index is -0.966. The van der Waals surface area contributed by atoms with Gasteiger partial charge in [0, 0.05) is 6.21 Å². The molecule has 3 aromatic rings. The lowest BCUT2D eigenvalue weighted by Crippen LogP contribution is -2.23. The van der Waals surface area contributed by atoms with E-state index in [0.717, 1.165) is 12.0 Å². The summed E-state index contributed by atoms with van der Waals surface area (Å²) in [7, 11) is 0. The summed E-state index contributed by atoms with van der Waals surface area (Å²) in [6.07, 6.45) is 7.63. The number of unbranched alkanes of at least 4 members (excludes halogenated alkanes) is 3. The highest BCUT2D eigenvalue weighted by molar-refractivity contribution is 8.01. The molecule has 4 rings (SSSR count). The fourth-order valence-corrected chi connectivity index (χ4v) is 5.51. The van der Waals surface area contributed by atoms with Gasteiger partial charge in [0.05, 0.1) is 0 Å². The maximum atomic E-state index is 14.3. The number of aliphatic imine (C=N–C) groups is 1. The van der Waals surface area contributed by atoms with Gasteiger partial charge in [-0.1, -0.05) is 62.6 Å². The highest BCUT2D eigenvalue weighted by Gasteiger charge is 2.41. The van der Waals surface area contributed by atoms with E-state index in [2.05, 4.69) is 31.2 Å². The van der Waals surface area contributed by atoms with Crippen molar-refractivity contribution in [2.24, 2.45) is 4.99 Å². The molecule has 1 heterocycles. The van der Waals surface area contributed by atoms with Crippen LogP contribution >= 0.6 is 11.8 Å². The largest absolute Gasteiger partial charge is 0.505 e. The van der Waals surface area contributed by atoms with Crippen molar-refractivity contribution in [1.29, 1.82) is 0 Å². The van der Waals surface area contributed by atoms with E-state index in [1.807, 2.05) is 0 Å². The molecule has 6 heteroatoms. The average Bonchev–Trinajstić information content (AvgIpc) is 3.27. The summed E-state index contributed by atoms with van der Waals surface area (Å²) in [6.45, 7) is 2.20. The fraction of sp³-hybridized carbons (Fsp3) is 0.296. The first kappa shape index (κ1) is 23.3. The zero-order chi connectivity index (χ0) is 23.4. The molecule has 33 heavy (non-hydrogen) atoms. The van der Waals surface area contributed by atoms with E-state index in [4.69, 9.17) is 4.99 Å². The van der Waals surface area contributed by atoms with E-state index in [-0.39, 0.29) is 5.37 Å². The number of rotatable bonds is 8. The van der Waals surface area contributed by atoms with Crippen molar-refractivity contribution in [3.05, 3.63) is 94.6 Å². The molecule has 1 aliphatic heterocycles. The van der Waals surface area contributed by atoms with Crippen LogP contribution in [-0.4, -0.2) is 16.4 Å². The van der Waals surface area contributed by atoms with Crippen molar-refractivity contribution in [2.75, 3.05) is 0 Å². The van der Waals surface area contributed by atoms with Gasteiger partial charge in [0.1, 0.15) is 10.1 Å². The van der Waals surface area contributed by atoms with Gasteiger partial charge in [-0.3, -0.25) is 4.99 Å². The van der Waals surface area contributed by atoms with Crippen LogP contribution in [0.3, 0.4) is 0 Å². The van der Waals surface area contributed by atoms with Crippen LogP contribution in [0.15, 0.2) is 65.7 Å². The predicted molar refractivity (Wildman–Crippen MR) is 130 cm³/mol. The maximum absolute atomic E-state index is 14.3. The summed E-state index contributed by atoms with van der Waals surface area (Å²) in [5.41, 5.74) is 3.36. The second-order valence-corrected chi connectivity index (χ2v) is 9.69. The van der Waals surface area contributed by atoms with Crippen molar-refractivity contribution in [2.45, 2.75) is 49.1 Å². The van der Waals surface area contributed by atoms with Crippen LogP contribution in [0.2, 0.25) is 0 Å². The molecule has 0 fully saturated rings. The molecule has 0 saturated heterocycles. The van der Waals surface area contributed by atoms with Gasteiger partial charge < -0.3 is 10.2 Å². The number of phenolic OH excluding ortho intramolecular Hbond substituents is 2. The van der Waals surface area contributed by atoms with Gasteiger partial charge in [0.25, 0.3) is 0 Å². The lowest BCUT2D eigenvalue weighted by atomic mass is 9.90. The number of aryl methyl sites for hydroxylation is 1. The summed E-state index contributed by atoms with van der Waals surface area (Å²) < 4.78 is 27.6. The summed E-state index contributed by atoms with van der Waals surface area (Å²) in [4.78, 5) is 4.70. The highest BCUT2D eigenvalue weighted by atomic mass is 32.2. The van der Waals surface area contributed by atoms with E-state index in [1.54, 1.807) is 18.3 Å². The van der Waals surface area contributed by atoms with Gasteiger partial charge in [-0.25, -0.2) is 8.78 Å². The summed E-state index contributed by atoms with van der Waals surface area (Å²) in [5.74, 6) is -2.40. The second kappa shape index (κ2) is 9.96. The van der Waals surface area contributed by atoms with Gasteiger partial charge in [0.2, 0.25) is 0 Å². The Kier molecular flexibility index (Phi) is 7.03. The Balaban J connectivity index is 1.63. The summed E-state index contributed by atoms with van der Waals surface area (Å²) in [5, 5.41) is 19.1. The van der Waals surface area contributed by atoms with E-state index in [1.165, 1.54) is 67.3 Å². The van der Waals surface area contributed by atoms with Gasteiger partial charge in [0.15, 0.2) is 23.1 Å². The SMILES string of the molecule is CCCCCCc1ccc(C2N=CC(c3ccc(O)c(F)c3)(c3ccc(O)c(F)c3)S2)cc1. The standard InChI is InChI=1S/C27H27F2NO2S/c1-2-3-4-5-6-18-7-9-19(10-8-18)26-30-17-27(33-26,20-11-13-24(31)22(28)15-20)21-12-14-25(32)23(29)16-21/h7-17,26,31-32H,2-6H2,1H3. The van der Waals surface area contributed by atoms with Crippen LogP contribution in [0.25, 0.3) is 0 Å². The molecular formula is C27H27F2NO2S. The van der Waals surface area contributed by atoms with Gasteiger partial charge in [-0.15, -0.1) is 11.8 Å². The number of nitrogens with zero attached hydrogens (tertiary/aromatic N) is 1. The van der Waals surface area contributed by atoms with E-state index >= 15 is 0 Å². The third-order valence-corrected chi connectivity index (χ3v) is 7.59. The van der Waals surface area contributed by atoms with Gasteiger partial charge in [-0.2, -0.15) is 0 Å². The van der Waals surface area contributed by atoms with E-state index in [9.17, 15) is 19.0 Å².